The molecular formula is C20H26. The van der Waals surface area contributed by atoms with E-state index in [-0.39, 0.29) is 0 Å². The number of allylic oxidation sites excluding steroid dienone is 8. The van der Waals surface area contributed by atoms with Crippen LogP contribution in [0.2, 0.25) is 0 Å². The van der Waals surface area contributed by atoms with Gasteiger partial charge in [0.05, 0.1) is 0 Å². The Morgan fingerprint density at radius 3 is 1.20 bits per heavy atom. The fourth-order valence-corrected chi connectivity index (χ4v) is 5.25. The molecule has 0 aromatic carbocycles. The van der Waals surface area contributed by atoms with Gasteiger partial charge < -0.3 is 0 Å². The maximum Gasteiger partial charge on any atom is -0.0164 e. The molecule has 0 aromatic rings. The molecule has 0 spiro atoms. The minimum atomic E-state index is 0.843. The lowest BCUT2D eigenvalue weighted by Crippen LogP contribution is -2.17. The maximum atomic E-state index is 2.55. The van der Waals surface area contributed by atoms with Gasteiger partial charge in [0.25, 0.3) is 0 Å². The van der Waals surface area contributed by atoms with Gasteiger partial charge in [0.2, 0.25) is 0 Å². The minimum absolute atomic E-state index is 0.843. The molecule has 4 aliphatic carbocycles. The van der Waals surface area contributed by atoms with Crippen molar-refractivity contribution in [2.75, 3.05) is 0 Å². The Bertz CT molecular complexity index is 394. The molecule has 20 heavy (non-hydrogen) atoms. The Labute approximate surface area is 123 Å². The molecule has 0 N–H and O–H groups in total. The zero-order chi connectivity index (χ0) is 13.5. The van der Waals surface area contributed by atoms with Crippen LogP contribution in [0.4, 0.5) is 0 Å². The Morgan fingerprint density at radius 1 is 0.600 bits per heavy atom. The molecule has 0 aromatic heterocycles. The van der Waals surface area contributed by atoms with Crippen LogP contribution < -0.4 is 0 Å². The number of hydrogen-bond donors (Lipinski definition) is 0. The van der Waals surface area contributed by atoms with Crippen molar-refractivity contribution in [3.8, 4) is 0 Å². The largest absolute Gasteiger partial charge is 0.0808 e. The first-order valence-corrected chi connectivity index (χ1v) is 8.51. The third-order valence-electron chi connectivity index (χ3n) is 6.54. The highest BCUT2D eigenvalue weighted by Gasteiger charge is 2.41. The van der Waals surface area contributed by atoms with Crippen LogP contribution in [0, 0.1) is 41.4 Å². The van der Waals surface area contributed by atoms with Crippen LogP contribution >= 0.6 is 0 Å². The van der Waals surface area contributed by atoms with Gasteiger partial charge in [0, 0.05) is 0 Å². The molecule has 2 saturated carbocycles. The first-order chi connectivity index (χ1) is 9.81. The van der Waals surface area contributed by atoms with E-state index in [9.17, 15) is 0 Å². The van der Waals surface area contributed by atoms with Crippen LogP contribution in [0.25, 0.3) is 0 Å². The molecule has 106 valence electrons. The fourth-order valence-electron chi connectivity index (χ4n) is 5.25. The van der Waals surface area contributed by atoms with Crippen molar-refractivity contribution in [2.24, 2.45) is 41.4 Å². The van der Waals surface area contributed by atoms with E-state index in [0.717, 1.165) is 41.4 Å². The highest BCUT2D eigenvalue weighted by Crippen LogP contribution is 2.50. The SMILES string of the molecule is CC(C1CC2C=CC=CC2C1)C1CC2C=CC=CC2C1. The molecule has 0 amide bonds. The quantitative estimate of drug-likeness (QED) is 0.647. The highest BCUT2D eigenvalue weighted by molar-refractivity contribution is 5.19. The second-order valence-electron chi connectivity index (χ2n) is 7.52. The van der Waals surface area contributed by atoms with E-state index in [0.29, 0.717) is 0 Å². The second-order valence-corrected chi connectivity index (χ2v) is 7.52. The fraction of sp³-hybridized carbons (Fsp3) is 0.600. The van der Waals surface area contributed by atoms with Crippen molar-refractivity contribution in [3.05, 3.63) is 48.6 Å². The molecule has 0 heterocycles. The Morgan fingerprint density at radius 2 is 0.900 bits per heavy atom. The van der Waals surface area contributed by atoms with E-state index >= 15 is 0 Å². The van der Waals surface area contributed by atoms with Crippen molar-refractivity contribution < 1.29 is 0 Å². The van der Waals surface area contributed by atoms with Gasteiger partial charge in [-0.1, -0.05) is 55.5 Å². The molecule has 0 bridgehead atoms. The van der Waals surface area contributed by atoms with Gasteiger partial charge in [-0.15, -0.1) is 0 Å². The zero-order valence-electron chi connectivity index (χ0n) is 12.5. The minimum Gasteiger partial charge on any atom is -0.0808 e. The van der Waals surface area contributed by atoms with E-state index in [1.165, 1.54) is 25.7 Å². The predicted molar refractivity (Wildman–Crippen MR) is 85.1 cm³/mol. The van der Waals surface area contributed by atoms with Crippen molar-refractivity contribution >= 4 is 0 Å². The second kappa shape index (κ2) is 5.06. The van der Waals surface area contributed by atoms with E-state index in [1.807, 2.05) is 0 Å². The summed E-state index contributed by atoms with van der Waals surface area (Å²) in [5.41, 5.74) is 0. The summed E-state index contributed by atoms with van der Waals surface area (Å²) in [7, 11) is 0. The molecule has 0 aliphatic heterocycles. The molecule has 4 aliphatic rings. The Kier molecular flexibility index (Phi) is 3.21. The standard InChI is InChI=1S/C20H26/c1-14(19-10-15-6-2-3-7-16(15)11-19)20-12-17-8-4-5-9-18(17)13-20/h2-9,14-20H,10-13H2,1H3. The molecule has 4 atom stereocenters. The van der Waals surface area contributed by atoms with Crippen molar-refractivity contribution in [3.63, 3.8) is 0 Å². The highest BCUT2D eigenvalue weighted by atomic mass is 14.5. The summed E-state index contributed by atoms with van der Waals surface area (Å²) >= 11 is 0. The van der Waals surface area contributed by atoms with E-state index in [2.05, 4.69) is 55.5 Å². The maximum absolute atomic E-state index is 2.55. The first kappa shape index (κ1) is 12.7. The summed E-state index contributed by atoms with van der Waals surface area (Å²) in [6.45, 7) is 2.55. The number of hydrogen-bond acceptors (Lipinski definition) is 0. The molecular weight excluding hydrogens is 240 g/mol. The summed E-state index contributed by atoms with van der Waals surface area (Å²) in [4.78, 5) is 0. The molecule has 4 unspecified atom stereocenters. The normalized spacial score (nSPS) is 46.5. The van der Waals surface area contributed by atoms with Crippen LogP contribution in [-0.4, -0.2) is 0 Å². The number of rotatable bonds is 2. The van der Waals surface area contributed by atoms with Crippen LogP contribution in [-0.2, 0) is 0 Å². The zero-order valence-corrected chi connectivity index (χ0v) is 12.5. The van der Waals surface area contributed by atoms with Gasteiger partial charge in [-0.25, -0.2) is 0 Å². The van der Waals surface area contributed by atoms with Gasteiger partial charge in [-0.3, -0.25) is 0 Å². The number of fused-ring (bicyclic) bond motifs is 2. The molecule has 0 heteroatoms. The third-order valence-corrected chi connectivity index (χ3v) is 6.54. The summed E-state index contributed by atoms with van der Waals surface area (Å²) in [5.74, 6) is 6.19. The van der Waals surface area contributed by atoms with Gasteiger partial charge in [-0.05, 0) is 67.1 Å². The molecule has 0 nitrogen and oxygen atoms in total. The third kappa shape index (κ3) is 2.14. The van der Waals surface area contributed by atoms with Gasteiger partial charge in [-0.2, -0.15) is 0 Å². The lowest BCUT2D eigenvalue weighted by atomic mass is 9.80. The van der Waals surface area contributed by atoms with E-state index in [4.69, 9.17) is 0 Å². The average Bonchev–Trinajstić information content (AvgIpc) is 3.10. The monoisotopic (exact) mass is 266 g/mol. The van der Waals surface area contributed by atoms with Gasteiger partial charge in [0.15, 0.2) is 0 Å². The van der Waals surface area contributed by atoms with Crippen LogP contribution in [0.3, 0.4) is 0 Å². The van der Waals surface area contributed by atoms with E-state index in [1.54, 1.807) is 0 Å². The van der Waals surface area contributed by atoms with E-state index < -0.39 is 0 Å². The lowest BCUT2D eigenvalue weighted by molar-refractivity contribution is 0.244. The smallest absolute Gasteiger partial charge is 0.0164 e. The molecule has 4 rings (SSSR count). The summed E-state index contributed by atoms with van der Waals surface area (Å²) in [5, 5.41) is 0. The van der Waals surface area contributed by atoms with Crippen molar-refractivity contribution in [2.45, 2.75) is 32.6 Å². The van der Waals surface area contributed by atoms with Gasteiger partial charge in [0.1, 0.15) is 0 Å². The van der Waals surface area contributed by atoms with Crippen molar-refractivity contribution in [1.29, 1.82) is 0 Å². The van der Waals surface area contributed by atoms with Crippen LogP contribution in [0.1, 0.15) is 32.6 Å². The summed E-state index contributed by atoms with van der Waals surface area (Å²) in [6.07, 6.45) is 24.6. The summed E-state index contributed by atoms with van der Waals surface area (Å²) in [6, 6.07) is 0. The first-order valence-electron chi connectivity index (χ1n) is 8.51. The molecule has 2 fully saturated rings. The Balaban J connectivity index is 1.42. The Hall–Kier alpha value is -1.04. The van der Waals surface area contributed by atoms with Crippen LogP contribution in [0.15, 0.2) is 48.6 Å². The van der Waals surface area contributed by atoms with Crippen molar-refractivity contribution in [1.82, 2.24) is 0 Å². The predicted octanol–water partition coefficient (Wildman–Crippen LogP) is 5.16. The lowest BCUT2D eigenvalue weighted by Gasteiger charge is -2.25. The van der Waals surface area contributed by atoms with Gasteiger partial charge >= 0.3 is 0 Å². The topological polar surface area (TPSA) is 0 Å². The summed E-state index contributed by atoms with van der Waals surface area (Å²) < 4.78 is 0. The average molecular weight is 266 g/mol. The molecule has 0 radical (unpaired) electrons. The molecule has 0 saturated heterocycles. The van der Waals surface area contributed by atoms with Crippen LogP contribution in [0.5, 0.6) is 0 Å².